The number of aromatic nitrogens is 5. The average Bonchev–Trinajstić information content (AvgIpc) is 2.74. The van der Waals surface area contributed by atoms with Crippen LogP contribution in [0.5, 0.6) is 0 Å². The molecule has 0 saturated carbocycles. The fourth-order valence-corrected chi connectivity index (χ4v) is 1.61. The molecule has 0 aliphatic heterocycles. The number of aryl methyl sites for hydroxylation is 1. The minimum Gasteiger partial charge on any atom is -0.389 e. The predicted octanol–water partition coefficient (Wildman–Crippen LogP) is 0.308. The SMILES string of the molecule is Cc1nnc(-n2cncn2)c(C(N)=S)c1C. The summed E-state index contributed by atoms with van der Waals surface area (Å²) in [5, 5.41) is 12.1. The lowest BCUT2D eigenvalue weighted by Crippen LogP contribution is -2.18. The number of nitrogens with two attached hydrogens (primary N) is 1. The topological polar surface area (TPSA) is 82.5 Å². The highest BCUT2D eigenvalue weighted by molar-refractivity contribution is 7.80. The summed E-state index contributed by atoms with van der Waals surface area (Å²) >= 11 is 5.02. The Morgan fingerprint density at radius 2 is 2.12 bits per heavy atom. The predicted molar refractivity (Wildman–Crippen MR) is 62.3 cm³/mol. The number of hydrogen-bond acceptors (Lipinski definition) is 5. The lowest BCUT2D eigenvalue weighted by atomic mass is 10.1. The van der Waals surface area contributed by atoms with Crippen molar-refractivity contribution in [2.75, 3.05) is 0 Å². The van der Waals surface area contributed by atoms with Gasteiger partial charge >= 0.3 is 0 Å². The molecule has 0 unspecified atom stereocenters. The minimum absolute atomic E-state index is 0.279. The summed E-state index contributed by atoms with van der Waals surface area (Å²) in [6, 6.07) is 0. The molecule has 2 N–H and O–H groups in total. The van der Waals surface area contributed by atoms with Gasteiger partial charge in [0.15, 0.2) is 5.82 Å². The summed E-state index contributed by atoms with van der Waals surface area (Å²) < 4.78 is 1.49. The summed E-state index contributed by atoms with van der Waals surface area (Å²) in [6.45, 7) is 3.76. The van der Waals surface area contributed by atoms with Crippen LogP contribution in [0.3, 0.4) is 0 Å². The Labute approximate surface area is 97.5 Å². The molecule has 7 heteroatoms. The van der Waals surface area contributed by atoms with Crippen molar-refractivity contribution in [1.29, 1.82) is 0 Å². The first-order chi connectivity index (χ1) is 7.61. The van der Waals surface area contributed by atoms with E-state index in [1.807, 2.05) is 13.8 Å². The molecular weight excluding hydrogens is 224 g/mol. The zero-order valence-electron chi connectivity index (χ0n) is 8.88. The van der Waals surface area contributed by atoms with Crippen molar-refractivity contribution in [3.8, 4) is 5.82 Å². The normalized spacial score (nSPS) is 10.4. The van der Waals surface area contributed by atoms with Crippen LogP contribution in [0.2, 0.25) is 0 Å². The molecule has 0 aliphatic rings. The Hall–Kier alpha value is -1.89. The molecule has 0 amide bonds. The highest BCUT2D eigenvalue weighted by Gasteiger charge is 2.15. The Balaban J connectivity index is 2.71. The first-order valence-corrected chi connectivity index (χ1v) is 5.00. The van der Waals surface area contributed by atoms with Gasteiger partial charge in [0.2, 0.25) is 0 Å². The second-order valence-electron chi connectivity index (χ2n) is 3.31. The second-order valence-corrected chi connectivity index (χ2v) is 3.75. The smallest absolute Gasteiger partial charge is 0.187 e. The third-order valence-electron chi connectivity index (χ3n) is 2.32. The largest absolute Gasteiger partial charge is 0.389 e. The van der Waals surface area contributed by atoms with Gasteiger partial charge in [-0.2, -0.15) is 10.2 Å². The van der Waals surface area contributed by atoms with Gasteiger partial charge in [-0.05, 0) is 19.4 Å². The van der Waals surface area contributed by atoms with Crippen LogP contribution in [0.4, 0.5) is 0 Å². The summed E-state index contributed by atoms with van der Waals surface area (Å²) in [5.74, 6) is 0.508. The van der Waals surface area contributed by atoms with E-state index in [9.17, 15) is 0 Å². The quantitative estimate of drug-likeness (QED) is 0.753. The van der Waals surface area contributed by atoms with Crippen LogP contribution < -0.4 is 5.73 Å². The summed E-state index contributed by atoms with van der Waals surface area (Å²) in [4.78, 5) is 4.13. The van der Waals surface area contributed by atoms with Gasteiger partial charge in [-0.25, -0.2) is 9.67 Å². The molecule has 0 aliphatic carbocycles. The highest BCUT2D eigenvalue weighted by atomic mass is 32.1. The van der Waals surface area contributed by atoms with E-state index in [1.54, 1.807) is 0 Å². The van der Waals surface area contributed by atoms with Gasteiger partial charge in [-0.15, -0.1) is 5.10 Å². The van der Waals surface area contributed by atoms with Crippen molar-refractivity contribution in [3.63, 3.8) is 0 Å². The maximum atomic E-state index is 5.69. The van der Waals surface area contributed by atoms with Crippen LogP contribution in [0.25, 0.3) is 5.82 Å². The molecule has 0 radical (unpaired) electrons. The molecule has 0 spiro atoms. The van der Waals surface area contributed by atoms with E-state index in [-0.39, 0.29) is 4.99 Å². The first-order valence-electron chi connectivity index (χ1n) is 4.60. The summed E-state index contributed by atoms with van der Waals surface area (Å²) in [6.07, 6.45) is 2.95. The number of nitrogens with zero attached hydrogens (tertiary/aromatic N) is 5. The Morgan fingerprint density at radius 1 is 1.38 bits per heavy atom. The van der Waals surface area contributed by atoms with Crippen LogP contribution in [0.1, 0.15) is 16.8 Å². The fraction of sp³-hybridized carbons (Fsp3) is 0.222. The molecule has 0 fully saturated rings. The Morgan fingerprint density at radius 3 is 2.69 bits per heavy atom. The lowest BCUT2D eigenvalue weighted by molar-refractivity contribution is 0.797. The molecule has 6 nitrogen and oxygen atoms in total. The number of hydrogen-bond donors (Lipinski definition) is 1. The second kappa shape index (κ2) is 3.93. The first kappa shape index (κ1) is 10.6. The molecule has 0 atom stereocenters. The van der Waals surface area contributed by atoms with Crippen LogP contribution in [0, 0.1) is 13.8 Å². The zero-order chi connectivity index (χ0) is 11.7. The standard InChI is InChI=1S/C9H10N6S/c1-5-6(2)13-14-9(7(5)8(10)16)15-4-11-3-12-15/h3-4H,1-2H3,(H2,10,16). The monoisotopic (exact) mass is 234 g/mol. The van der Waals surface area contributed by atoms with Crippen molar-refractivity contribution >= 4 is 17.2 Å². The average molecular weight is 234 g/mol. The third kappa shape index (κ3) is 1.65. The van der Waals surface area contributed by atoms with E-state index < -0.39 is 0 Å². The van der Waals surface area contributed by atoms with Crippen molar-refractivity contribution in [1.82, 2.24) is 25.0 Å². The lowest BCUT2D eigenvalue weighted by Gasteiger charge is -2.10. The van der Waals surface area contributed by atoms with E-state index in [2.05, 4.69) is 20.3 Å². The Bertz CT molecular complexity index is 533. The van der Waals surface area contributed by atoms with Crippen LogP contribution in [-0.2, 0) is 0 Å². The van der Waals surface area contributed by atoms with Gasteiger partial charge in [0.25, 0.3) is 0 Å². The molecule has 2 aromatic heterocycles. The zero-order valence-corrected chi connectivity index (χ0v) is 9.69. The van der Waals surface area contributed by atoms with Gasteiger partial charge in [0.05, 0.1) is 11.3 Å². The van der Waals surface area contributed by atoms with E-state index >= 15 is 0 Å². The van der Waals surface area contributed by atoms with Gasteiger partial charge in [0, 0.05) is 0 Å². The molecular formula is C9H10N6S. The maximum Gasteiger partial charge on any atom is 0.187 e. The van der Waals surface area contributed by atoms with Crippen molar-refractivity contribution in [2.45, 2.75) is 13.8 Å². The Kier molecular flexibility index (Phi) is 2.61. The van der Waals surface area contributed by atoms with Gasteiger partial charge < -0.3 is 5.73 Å². The molecule has 2 heterocycles. The fourth-order valence-electron chi connectivity index (χ4n) is 1.37. The molecule has 2 rings (SSSR count). The van der Waals surface area contributed by atoms with Gasteiger partial charge in [-0.1, -0.05) is 12.2 Å². The summed E-state index contributed by atoms with van der Waals surface area (Å²) in [7, 11) is 0. The van der Waals surface area contributed by atoms with E-state index in [0.29, 0.717) is 11.4 Å². The number of thiocarbonyl (C=S) groups is 1. The van der Waals surface area contributed by atoms with E-state index in [4.69, 9.17) is 18.0 Å². The van der Waals surface area contributed by atoms with Crippen LogP contribution in [0.15, 0.2) is 12.7 Å². The van der Waals surface area contributed by atoms with E-state index in [0.717, 1.165) is 11.3 Å². The van der Waals surface area contributed by atoms with Crippen molar-refractivity contribution in [2.24, 2.45) is 5.73 Å². The maximum absolute atomic E-state index is 5.69. The minimum atomic E-state index is 0.279. The highest BCUT2D eigenvalue weighted by Crippen LogP contribution is 2.16. The van der Waals surface area contributed by atoms with Crippen LogP contribution in [-0.4, -0.2) is 30.0 Å². The third-order valence-corrected chi connectivity index (χ3v) is 2.52. The molecule has 2 aromatic rings. The molecule has 16 heavy (non-hydrogen) atoms. The van der Waals surface area contributed by atoms with Gasteiger partial charge in [0.1, 0.15) is 17.6 Å². The van der Waals surface area contributed by atoms with Crippen molar-refractivity contribution < 1.29 is 0 Å². The molecule has 82 valence electrons. The van der Waals surface area contributed by atoms with Crippen molar-refractivity contribution in [3.05, 3.63) is 29.5 Å². The molecule has 0 bridgehead atoms. The van der Waals surface area contributed by atoms with E-state index in [1.165, 1.54) is 17.3 Å². The summed E-state index contributed by atoms with van der Waals surface area (Å²) in [5.41, 5.74) is 8.09. The van der Waals surface area contributed by atoms with Gasteiger partial charge in [-0.3, -0.25) is 0 Å². The molecule has 0 saturated heterocycles. The number of rotatable bonds is 2. The molecule has 0 aromatic carbocycles. The van der Waals surface area contributed by atoms with Crippen LogP contribution >= 0.6 is 12.2 Å².